The lowest BCUT2D eigenvalue weighted by Gasteiger charge is -2.28. The number of carbonyl (C=O) groups is 1. The zero-order chi connectivity index (χ0) is 19.2. The minimum absolute atomic E-state index is 0.143. The van der Waals surface area contributed by atoms with Crippen LogP contribution in [0.25, 0.3) is 0 Å². The van der Waals surface area contributed by atoms with Gasteiger partial charge < -0.3 is 16.0 Å². The Hall–Kier alpha value is -1.24. The summed E-state index contributed by atoms with van der Waals surface area (Å²) in [5.41, 5.74) is 1.43. The van der Waals surface area contributed by atoms with Crippen LogP contribution in [-0.4, -0.2) is 21.0 Å². The van der Waals surface area contributed by atoms with E-state index in [1.54, 1.807) is 24.3 Å². The van der Waals surface area contributed by atoms with Crippen molar-refractivity contribution < 1.29 is 4.79 Å². The third kappa shape index (κ3) is 6.82. The lowest BCUT2D eigenvalue weighted by Crippen LogP contribution is -2.56. The van der Waals surface area contributed by atoms with E-state index in [9.17, 15) is 4.79 Å². The van der Waals surface area contributed by atoms with Crippen LogP contribution in [0.3, 0.4) is 0 Å². The normalized spacial score (nSPS) is 12.2. The van der Waals surface area contributed by atoms with E-state index in [1.165, 1.54) is 0 Å². The van der Waals surface area contributed by atoms with Gasteiger partial charge in [0.05, 0.1) is 17.1 Å². The van der Waals surface area contributed by atoms with Crippen LogP contribution in [0.15, 0.2) is 54.6 Å². The molecular formula is C17H15Cl4N3OS. The van der Waals surface area contributed by atoms with E-state index in [1.807, 2.05) is 30.3 Å². The second-order valence-corrected chi connectivity index (χ2v) is 8.47. The van der Waals surface area contributed by atoms with Crippen LogP contribution in [0.4, 0.5) is 5.69 Å². The van der Waals surface area contributed by atoms with Crippen molar-refractivity contribution in [1.29, 1.82) is 0 Å². The molecule has 2 aromatic carbocycles. The topological polar surface area (TPSA) is 53.2 Å². The first kappa shape index (κ1) is 21.1. The average molecular weight is 451 g/mol. The Balaban J connectivity index is 2.00. The maximum atomic E-state index is 12.3. The number of alkyl halides is 3. The lowest BCUT2D eigenvalue weighted by atomic mass is 10.1. The van der Waals surface area contributed by atoms with E-state index in [-0.39, 0.29) is 17.4 Å². The third-order valence-electron chi connectivity index (χ3n) is 3.24. The van der Waals surface area contributed by atoms with E-state index in [2.05, 4.69) is 16.0 Å². The Kier molecular flexibility index (Phi) is 7.80. The van der Waals surface area contributed by atoms with Crippen LogP contribution in [0.1, 0.15) is 5.56 Å². The van der Waals surface area contributed by atoms with Gasteiger partial charge in [-0.15, -0.1) is 0 Å². The van der Waals surface area contributed by atoms with Gasteiger partial charge in [-0.1, -0.05) is 88.9 Å². The van der Waals surface area contributed by atoms with E-state index >= 15 is 0 Å². The SMILES string of the molecule is O=C(Cc1ccccc1)N[C@@H](NC(=S)Nc1ccccc1Cl)C(Cl)(Cl)Cl. The smallest absolute Gasteiger partial charge is 0.228 e. The van der Waals surface area contributed by atoms with Crippen molar-refractivity contribution >= 4 is 75.3 Å². The van der Waals surface area contributed by atoms with E-state index in [4.69, 9.17) is 58.6 Å². The molecule has 0 heterocycles. The highest BCUT2D eigenvalue weighted by atomic mass is 35.6. The molecule has 0 radical (unpaired) electrons. The number of para-hydroxylation sites is 1. The number of rotatable bonds is 5. The Morgan fingerprint density at radius 3 is 2.23 bits per heavy atom. The number of anilines is 1. The minimum Gasteiger partial charge on any atom is -0.339 e. The van der Waals surface area contributed by atoms with Gasteiger partial charge in [0.25, 0.3) is 0 Å². The van der Waals surface area contributed by atoms with Crippen molar-refractivity contribution in [2.75, 3.05) is 5.32 Å². The molecule has 0 aliphatic rings. The van der Waals surface area contributed by atoms with Crippen LogP contribution in [0, 0.1) is 0 Å². The van der Waals surface area contributed by atoms with Gasteiger partial charge in [0.2, 0.25) is 9.70 Å². The van der Waals surface area contributed by atoms with Gasteiger partial charge >= 0.3 is 0 Å². The molecule has 26 heavy (non-hydrogen) atoms. The van der Waals surface area contributed by atoms with Crippen LogP contribution in [0.5, 0.6) is 0 Å². The molecule has 0 saturated carbocycles. The molecule has 0 aromatic heterocycles. The maximum Gasteiger partial charge on any atom is 0.228 e. The molecule has 3 N–H and O–H groups in total. The molecule has 1 atom stereocenters. The molecule has 0 fully saturated rings. The summed E-state index contributed by atoms with van der Waals surface area (Å²) >= 11 is 29.2. The van der Waals surface area contributed by atoms with Gasteiger partial charge in [-0.05, 0) is 29.9 Å². The molecule has 138 valence electrons. The lowest BCUT2D eigenvalue weighted by molar-refractivity contribution is -0.121. The number of halogens is 4. The monoisotopic (exact) mass is 449 g/mol. The molecule has 0 spiro atoms. The first-order valence-corrected chi connectivity index (χ1v) is 9.40. The number of nitrogens with one attached hydrogen (secondary N) is 3. The fourth-order valence-corrected chi connectivity index (χ4v) is 2.78. The summed E-state index contributed by atoms with van der Waals surface area (Å²) < 4.78 is -1.82. The van der Waals surface area contributed by atoms with Crippen molar-refractivity contribution in [1.82, 2.24) is 10.6 Å². The number of amides is 1. The fourth-order valence-electron chi connectivity index (χ4n) is 2.05. The molecule has 4 nitrogen and oxygen atoms in total. The number of hydrogen-bond acceptors (Lipinski definition) is 2. The molecular weight excluding hydrogens is 436 g/mol. The maximum absolute atomic E-state index is 12.3. The van der Waals surface area contributed by atoms with Crippen molar-refractivity contribution in [3.05, 3.63) is 65.2 Å². The average Bonchev–Trinajstić information content (AvgIpc) is 2.56. The summed E-state index contributed by atoms with van der Waals surface area (Å²) in [6.45, 7) is 0. The van der Waals surface area contributed by atoms with Crippen LogP contribution in [0.2, 0.25) is 5.02 Å². The number of benzene rings is 2. The number of thiocarbonyl (C=S) groups is 1. The minimum atomic E-state index is -1.82. The zero-order valence-electron chi connectivity index (χ0n) is 13.3. The van der Waals surface area contributed by atoms with Crippen molar-refractivity contribution in [3.63, 3.8) is 0 Å². The molecule has 0 aliphatic heterocycles. The van der Waals surface area contributed by atoms with Crippen LogP contribution >= 0.6 is 58.6 Å². The van der Waals surface area contributed by atoms with Gasteiger partial charge in [-0.25, -0.2) is 0 Å². The van der Waals surface area contributed by atoms with E-state index < -0.39 is 9.96 Å². The summed E-state index contributed by atoms with van der Waals surface area (Å²) in [4.78, 5) is 12.3. The van der Waals surface area contributed by atoms with Crippen molar-refractivity contribution in [2.45, 2.75) is 16.4 Å². The Bertz CT molecular complexity index is 768. The highest BCUT2D eigenvalue weighted by molar-refractivity contribution is 7.80. The molecule has 9 heteroatoms. The molecule has 0 saturated heterocycles. The Morgan fingerprint density at radius 2 is 1.62 bits per heavy atom. The quantitative estimate of drug-likeness (QED) is 0.351. The van der Waals surface area contributed by atoms with Gasteiger partial charge in [-0.2, -0.15) is 0 Å². The Labute approximate surface area is 177 Å². The summed E-state index contributed by atoms with van der Waals surface area (Å²) in [6.07, 6.45) is -0.893. The third-order valence-corrected chi connectivity index (χ3v) is 4.44. The second kappa shape index (κ2) is 9.62. The predicted octanol–water partition coefficient (Wildman–Crippen LogP) is 4.68. The molecule has 0 bridgehead atoms. The van der Waals surface area contributed by atoms with Crippen molar-refractivity contribution in [2.24, 2.45) is 0 Å². The van der Waals surface area contributed by atoms with Gasteiger partial charge in [0.1, 0.15) is 6.17 Å². The summed E-state index contributed by atoms with van der Waals surface area (Å²) in [5.74, 6) is -0.319. The van der Waals surface area contributed by atoms with Crippen LogP contribution in [-0.2, 0) is 11.2 Å². The summed E-state index contributed by atoms with van der Waals surface area (Å²) in [7, 11) is 0. The van der Waals surface area contributed by atoms with Crippen molar-refractivity contribution in [3.8, 4) is 0 Å². The van der Waals surface area contributed by atoms with Crippen LogP contribution < -0.4 is 16.0 Å². The molecule has 2 rings (SSSR count). The second-order valence-electron chi connectivity index (χ2n) is 5.28. The van der Waals surface area contributed by atoms with Gasteiger partial charge in [0, 0.05) is 0 Å². The Morgan fingerprint density at radius 1 is 1.00 bits per heavy atom. The zero-order valence-corrected chi connectivity index (χ0v) is 17.1. The first-order valence-electron chi connectivity index (χ1n) is 7.48. The number of carbonyl (C=O) groups excluding carboxylic acids is 1. The summed E-state index contributed by atoms with van der Waals surface area (Å²) in [5, 5.41) is 8.94. The fraction of sp³-hybridized carbons (Fsp3) is 0.176. The highest BCUT2D eigenvalue weighted by Gasteiger charge is 2.34. The molecule has 2 aromatic rings. The molecule has 0 aliphatic carbocycles. The summed E-state index contributed by atoms with van der Waals surface area (Å²) in [6, 6.07) is 16.3. The first-order chi connectivity index (χ1) is 12.3. The standard InChI is InChI=1S/C17H15Cl4N3OS/c18-12-8-4-5-9-13(12)22-16(26)24-15(17(19,20)21)23-14(25)10-11-6-2-1-3-7-11/h1-9,15H,10H2,(H,23,25)(H2,22,24,26)/t15-/m0/s1. The predicted molar refractivity (Wildman–Crippen MR) is 113 cm³/mol. The van der Waals surface area contributed by atoms with E-state index in [0.29, 0.717) is 10.7 Å². The molecule has 0 unspecified atom stereocenters. The highest BCUT2D eigenvalue weighted by Crippen LogP contribution is 2.29. The number of hydrogen-bond donors (Lipinski definition) is 3. The molecule has 1 amide bonds. The largest absolute Gasteiger partial charge is 0.339 e. The van der Waals surface area contributed by atoms with Gasteiger partial charge in [0.15, 0.2) is 5.11 Å². The van der Waals surface area contributed by atoms with E-state index in [0.717, 1.165) is 5.56 Å². The van der Waals surface area contributed by atoms with Gasteiger partial charge in [-0.3, -0.25) is 4.79 Å².